The molecular formula is C25H28FNO3. The minimum absolute atomic E-state index is 0.222. The fourth-order valence-electron chi connectivity index (χ4n) is 5.60. The summed E-state index contributed by atoms with van der Waals surface area (Å²) in [5.74, 6) is 0.965. The van der Waals surface area contributed by atoms with Crippen LogP contribution >= 0.6 is 0 Å². The Kier molecular flexibility index (Phi) is 5.44. The number of rotatable bonds is 4. The standard InChI is InChI=1S/C25H28FNO3/c1-28-24-14-19-15-25(29-11-12-30-25)10-9-22(19)23(24)8-7-21-6-5-18(16-27-21)17-3-2-4-20(26)13-17/h2-8,13,16,19,22-24H,9-12,14-15H2,1H3/b8-7+/t19-,22+,23-,24-/m0/s1. The van der Waals surface area contributed by atoms with Crippen molar-refractivity contribution in [3.63, 3.8) is 0 Å². The van der Waals surface area contributed by atoms with Crippen molar-refractivity contribution in [2.45, 2.75) is 37.6 Å². The predicted molar refractivity (Wildman–Crippen MR) is 113 cm³/mol. The SMILES string of the molecule is CO[C@H]1C[C@H]2CC3(CC[C@H]2[C@@H]1/C=C/c1ccc(-c2cccc(F)c2)cn1)OCCO3. The average Bonchev–Trinajstić information content (AvgIpc) is 3.36. The van der Waals surface area contributed by atoms with Crippen molar-refractivity contribution in [1.29, 1.82) is 0 Å². The fraction of sp³-hybridized carbons (Fsp3) is 0.480. The van der Waals surface area contributed by atoms with Crippen LogP contribution < -0.4 is 0 Å². The van der Waals surface area contributed by atoms with Crippen LogP contribution in [0, 0.1) is 23.6 Å². The lowest BCUT2D eigenvalue weighted by molar-refractivity contribution is -0.193. The number of benzene rings is 1. The summed E-state index contributed by atoms with van der Waals surface area (Å²) < 4.78 is 31.3. The molecule has 2 aliphatic carbocycles. The molecule has 158 valence electrons. The van der Waals surface area contributed by atoms with Gasteiger partial charge in [-0.25, -0.2) is 4.39 Å². The Bertz CT molecular complexity index is 907. The van der Waals surface area contributed by atoms with Gasteiger partial charge >= 0.3 is 0 Å². The summed E-state index contributed by atoms with van der Waals surface area (Å²) in [4.78, 5) is 4.57. The summed E-state index contributed by atoms with van der Waals surface area (Å²) in [6.07, 6.45) is 10.5. The van der Waals surface area contributed by atoms with E-state index in [9.17, 15) is 4.39 Å². The molecule has 5 heteroatoms. The van der Waals surface area contributed by atoms with Crippen LogP contribution in [0.2, 0.25) is 0 Å². The first-order valence-electron chi connectivity index (χ1n) is 10.9. The first-order valence-corrected chi connectivity index (χ1v) is 10.9. The molecule has 1 aromatic carbocycles. The number of methoxy groups -OCH3 is 1. The van der Waals surface area contributed by atoms with Crippen molar-refractivity contribution in [2.75, 3.05) is 20.3 Å². The molecule has 0 N–H and O–H groups in total. The zero-order chi connectivity index (χ0) is 20.6. The first-order chi connectivity index (χ1) is 14.7. The van der Waals surface area contributed by atoms with Crippen LogP contribution in [-0.2, 0) is 14.2 Å². The van der Waals surface area contributed by atoms with E-state index in [1.807, 2.05) is 25.3 Å². The Balaban J connectivity index is 1.29. The van der Waals surface area contributed by atoms with Crippen molar-refractivity contribution < 1.29 is 18.6 Å². The van der Waals surface area contributed by atoms with Gasteiger partial charge in [0.15, 0.2) is 5.79 Å². The van der Waals surface area contributed by atoms with Crippen LogP contribution in [0.1, 0.15) is 31.4 Å². The summed E-state index contributed by atoms with van der Waals surface area (Å²) >= 11 is 0. The molecule has 5 rings (SSSR count). The van der Waals surface area contributed by atoms with Crippen LogP contribution in [0.25, 0.3) is 17.2 Å². The molecule has 2 aromatic rings. The molecular weight excluding hydrogens is 381 g/mol. The Morgan fingerprint density at radius 1 is 1.17 bits per heavy atom. The van der Waals surface area contributed by atoms with Crippen LogP contribution in [-0.4, -0.2) is 37.2 Å². The molecule has 3 aliphatic rings. The molecule has 3 fully saturated rings. The highest BCUT2D eigenvalue weighted by molar-refractivity contribution is 5.63. The van der Waals surface area contributed by atoms with E-state index in [-0.39, 0.29) is 17.7 Å². The second-order valence-electron chi connectivity index (χ2n) is 8.70. The van der Waals surface area contributed by atoms with Crippen molar-refractivity contribution in [3.05, 3.63) is 60.2 Å². The number of hydrogen-bond donors (Lipinski definition) is 0. The van der Waals surface area contributed by atoms with Gasteiger partial charge in [-0.15, -0.1) is 0 Å². The van der Waals surface area contributed by atoms with E-state index < -0.39 is 0 Å². The Morgan fingerprint density at radius 2 is 2.03 bits per heavy atom. The molecule has 1 aliphatic heterocycles. The minimum atomic E-state index is -0.341. The Labute approximate surface area is 177 Å². The number of halogens is 1. The largest absolute Gasteiger partial charge is 0.381 e. The van der Waals surface area contributed by atoms with E-state index >= 15 is 0 Å². The monoisotopic (exact) mass is 409 g/mol. The highest BCUT2D eigenvalue weighted by atomic mass is 19.1. The van der Waals surface area contributed by atoms with Crippen molar-refractivity contribution in [1.82, 2.24) is 4.98 Å². The number of ether oxygens (including phenoxy) is 3. The normalized spacial score (nSPS) is 30.2. The molecule has 2 saturated carbocycles. The molecule has 0 bridgehead atoms. The van der Waals surface area contributed by atoms with E-state index in [1.165, 1.54) is 12.1 Å². The summed E-state index contributed by atoms with van der Waals surface area (Å²) in [6.45, 7) is 1.43. The molecule has 0 amide bonds. The maximum atomic E-state index is 13.5. The third-order valence-corrected chi connectivity index (χ3v) is 7.05. The zero-order valence-electron chi connectivity index (χ0n) is 17.3. The van der Waals surface area contributed by atoms with Gasteiger partial charge in [-0.2, -0.15) is 0 Å². The van der Waals surface area contributed by atoms with Gasteiger partial charge in [0.25, 0.3) is 0 Å². The van der Waals surface area contributed by atoms with Crippen molar-refractivity contribution in [3.8, 4) is 11.1 Å². The summed E-state index contributed by atoms with van der Waals surface area (Å²) in [7, 11) is 1.81. The maximum Gasteiger partial charge on any atom is 0.168 e. The van der Waals surface area contributed by atoms with Gasteiger partial charge in [0.2, 0.25) is 0 Å². The molecule has 1 spiro atoms. The number of pyridine rings is 1. The van der Waals surface area contributed by atoms with Gasteiger partial charge in [-0.05, 0) is 54.5 Å². The third-order valence-electron chi connectivity index (χ3n) is 7.05. The van der Waals surface area contributed by atoms with Crippen LogP contribution in [0.4, 0.5) is 4.39 Å². The lowest BCUT2D eigenvalue weighted by atomic mass is 9.75. The zero-order valence-corrected chi connectivity index (χ0v) is 17.3. The minimum Gasteiger partial charge on any atom is -0.381 e. The average molecular weight is 410 g/mol. The Morgan fingerprint density at radius 3 is 2.77 bits per heavy atom. The summed E-state index contributed by atoms with van der Waals surface area (Å²) in [5.41, 5.74) is 2.66. The molecule has 4 nitrogen and oxygen atoms in total. The fourth-order valence-corrected chi connectivity index (χ4v) is 5.60. The summed E-state index contributed by atoms with van der Waals surface area (Å²) in [6, 6.07) is 10.6. The molecule has 1 aromatic heterocycles. The van der Waals surface area contributed by atoms with Gasteiger partial charge < -0.3 is 14.2 Å². The molecule has 1 saturated heterocycles. The first kappa shape index (κ1) is 19.9. The number of fused-ring (bicyclic) bond motifs is 1. The smallest absolute Gasteiger partial charge is 0.168 e. The molecule has 0 radical (unpaired) electrons. The highest BCUT2D eigenvalue weighted by Crippen LogP contribution is 2.52. The molecule has 4 atom stereocenters. The lowest BCUT2D eigenvalue weighted by Gasteiger charge is -2.39. The second kappa shape index (κ2) is 8.22. The molecule has 0 unspecified atom stereocenters. The van der Waals surface area contributed by atoms with Gasteiger partial charge in [0.1, 0.15) is 5.82 Å². The molecule has 2 heterocycles. The van der Waals surface area contributed by atoms with Crippen molar-refractivity contribution >= 4 is 6.08 Å². The van der Waals surface area contributed by atoms with Gasteiger partial charge in [0, 0.05) is 37.6 Å². The predicted octanol–water partition coefficient (Wildman–Crippen LogP) is 5.10. The van der Waals surface area contributed by atoms with E-state index in [0.29, 0.717) is 31.0 Å². The number of aromatic nitrogens is 1. The topological polar surface area (TPSA) is 40.6 Å². The molecule has 30 heavy (non-hydrogen) atoms. The Hall–Kier alpha value is -2.08. The lowest BCUT2D eigenvalue weighted by Crippen LogP contribution is -2.39. The van der Waals surface area contributed by atoms with E-state index in [0.717, 1.165) is 42.5 Å². The maximum absolute atomic E-state index is 13.5. The third kappa shape index (κ3) is 3.82. The highest BCUT2D eigenvalue weighted by Gasteiger charge is 2.51. The van der Waals surface area contributed by atoms with E-state index in [2.05, 4.69) is 17.1 Å². The van der Waals surface area contributed by atoms with Crippen molar-refractivity contribution in [2.24, 2.45) is 17.8 Å². The summed E-state index contributed by atoms with van der Waals surface area (Å²) in [5, 5.41) is 0. The second-order valence-corrected chi connectivity index (χ2v) is 8.70. The number of nitrogens with zero attached hydrogens (tertiary/aromatic N) is 1. The number of hydrogen-bond acceptors (Lipinski definition) is 4. The van der Waals surface area contributed by atoms with Gasteiger partial charge in [-0.3, -0.25) is 4.98 Å². The van der Waals surface area contributed by atoms with Gasteiger partial charge in [0.05, 0.1) is 25.0 Å². The van der Waals surface area contributed by atoms with Gasteiger partial charge in [-0.1, -0.05) is 24.3 Å². The quantitative estimate of drug-likeness (QED) is 0.705. The van der Waals surface area contributed by atoms with Crippen LogP contribution in [0.3, 0.4) is 0 Å². The van der Waals surface area contributed by atoms with Crippen LogP contribution in [0.15, 0.2) is 48.7 Å². The van der Waals surface area contributed by atoms with E-state index in [4.69, 9.17) is 14.2 Å². The van der Waals surface area contributed by atoms with E-state index in [1.54, 1.807) is 12.3 Å². The van der Waals surface area contributed by atoms with Crippen LogP contribution in [0.5, 0.6) is 0 Å².